The second-order valence-corrected chi connectivity index (χ2v) is 4.50. The monoisotopic (exact) mass is 225 g/mol. The van der Waals surface area contributed by atoms with Crippen LogP contribution in [0.3, 0.4) is 0 Å². The molecule has 6 nitrogen and oxygen atoms in total. The molecule has 0 radical (unpaired) electrons. The van der Waals surface area contributed by atoms with E-state index in [0.717, 1.165) is 25.1 Å². The first-order chi connectivity index (χ1) is 7.69. The summed E-state index contributed by atoms with van der Waals surface area (Å²) in [4.78, 5) is 0. The summed E-state index contributed by atoms with van der Waals surface area (Å²) in [5, 5.41) is 7.98. The largest absolute Gasteiger partial charge is 0.378 e. The third-order valence-electron chi connectivity index (χ3n) is 3.09. The lowest BCUT2D eigenvalue weighted by Crippen LogP contribution is -2.43. The zero-order valence-corrected chi connectivity index (χ0v) is 9.76. The van der Waals surface area contributed by atoms with Gasteiger partial charge in [0, 0.05) is 31.6 Å². The van der Waals surface area contributed by atoms with Gasteiger partial charge in [0.05, 0.1) is 18.4 Å². The second kappa shape index (κ2) is 4.90. The molecule has 1 aliphatic heterocycles. The van der Waals surface area contributed by atoms with E-state index in [1.54, 1.807) is 4.68 Å². The topological polar surface area (TPSA) is 78.0 Å². The molecular formula is C10H19N5O. The van der Waals surface area contributed by atoms with Crippen LogP contribution < -0.4 is 11.3 Å². The fraction of sp³-hybridized carbons (Fsp3) is 0.800. The number of nitrogens with zero attached hydrogens (tertiary/aromatic N) is 3. The Morgan fingerprint density at radius 2 is 2.56 bits per heavy atom. The van der Waals surface area contributed by atoms with E-state index in [2.05, 4.69) is 22.7 Å². The van der Waals surface area contributed by atoms with Gasteiger partial charge in [-0.3, -0.25) is 16.0 Å². The molecular weight excluding hydrogens is 206 g/mol. The van der Waals surface area contributed by atoms with Crippen molar-refractivity contribution in [2.45, 2.75) is 31.9 Å². The minimum absolute atomic E-state index is 0.210. The zero-order chi connectivity index (χ0) is 11.5. The number of ether oxygens (including phenoxy) is 1. The number of hydrogen-bond acceptors (Lipinski definition) is 5. The van der Waals surface area contributed by atoms with Crippen molar-refractivity contribution in [3.05, 3.63) is 11.9 Å². The fourth-order valence-electron chi connectivity index (χ4n) is 2.21. The molecule has 1 fully saturated rings. The van der Waals surface area contributed by atoms with E-state index in [1.807, 2.05) is 13.2 Å². The highest BCUT2D eigenvalue weighted by Gasteiger charge is 2.29. The lowest BCUT2D eigenvalue weighted by atomic mass is 9.94. The van der Waals surface area contributed by atoms with Crippen LogP contribution >= 0.6 is 0 Å². The van der Waals surface area contributed by atoms with E-state index in [1.165, 1.54) is 0 Å². The Kier molecular flexibility index (Phi) is 3.52. The Bertz CT molecular complexity index is 340. The Morgan fingerprint density at radius 3 is 3.06 bits per heavy atom. The molecule has 3 unspecified atom stereocenters. The highest BCUT2D eigenvalue weighted by Crippen LogP contribution is 2.23. The van der Waals surface area contributed by atoms with Gasteiger partial charge in [-0.15, -0.1) is 5.10 Å². The number of nitrogens with two attached hydrogens (primary N) is 1. The molecule has 1 aromatic rings. The van der Waals surface area contributed by atoms with Crippen LogP contribution in [0.1, 0.15) is 19.0 Å². The Labute approximate surface area is 95.1 Å². The molecule has 2 rings (SSSR count). The maximum atomic E-state index is 5.59. The highest BCUT2D eigenvalue weighted by molar-refractivity contribution is 4.97. The number of hydrazine groups is 1. The molecule has 16 heavy (non-hydrogen) atoms. The lowest BCUT2D eigenvalue weighted by molar-refractivity contribution is 0.117. The van der Waals surface area contributed by atoms with Gasteiger partial charge in [-0.25, -0.2) is 0 Å². The molecule has 0 aliphatic carbocycles. The van der Waals surface area contributed by atoms with Crippen molar-refractivity contribution >= 4 is 0 Å². The van der Waals surface area contributed by atoms with Gasteiger partial charge in [-0.1, -0.05) is 5.21 Å². The zero-order valence-electron chi connectivity index (χ0n) is 9.76. The Hall–Kier alpha value is -0.980. The molecule has 1 saturated heterocycles. The van der Waals surface area contributed by atoms with Crippen molar-refractivity contribution in [1.29, 1.82) is 0 Å². The van der Waals surface area contributed by atoms with Crippen molar-refractivity contribution in [3.8, 4) is 0 Å². The van der Waals surface area contributed by atoms with E-state index in [4.69, 9.17) is 10.6 Å². The van der Waals surface area contributed by atoms with E-state index in [0.29, 0.717) is 12.0 Å². The summed E-state index contributed by atoms with van der Waals surface area (Å²) in [5.41, 5.74) is 3.83. The summed E-state index contributed by atoms with van der Waals surface area (Å²) in [6.07, 6.45) is 4.10. The number of rotatable bonds is 4. The Balaban J connectivity index is 1.95. The SMILES string of the molecule is CC1CC(C(Cc2cn(C)nn2)NN)CO1. The first kappa shape index (κ1) is 11.5. The molecule has 90 valence electrons. The molecule has 6 heteroatoms. The molecule has 3 atom stereocenters. The summed E-state index contributed by atoms with van der Waals surface area (Å²) in [7, 11) is 1.86. The van der Waals surface area contributed by atoms with Gasteiger partial charge >= 0.3 is 0 Å². The maximum absolute atomic E-state index is 5.59. The van der Waals surface area contributed by atoms with Crippen LogP contribution in [0.25, 0.3) is 0 Å². The van der Waals surface area contributed by atoms with Crippen molar-refractivity contribution in [3.63, 3.8) is 0 Å². The first-order valence-electron chi connectivity index (χ1n) is 5.62. The summed E-state index contributed by atoms with van der Waals surface area (Å²) < 4.78 is 7.26. The standard InChI is InChI=1S/C10H19N5O/c1-7-3-8(6-16-7)10(12-11)4-9-5-15(2)14-13-9/h5,7-8,10,12H,3-4,6,11H2,1-2H3. The molecule has 2 heterocycles. The van der Waals surface area contributed by atoms with Gasteiger partial charge in [-0.05, 0) is 13.3 Å². The van der Waals surface area contributed by atoms with Crippen LogP contribution in [0, 0.1) is 5.92 Å². The predicted molar refractivity (Wildman–Crippen MR) is 59.3 cm³/mol. The van der Waals surface area contributed by atoms with Gasteiger partial charge in [-0.2, -0.15) is 0 Å². The van der Waals surface area contributed by atoms with E-state index in [-0.39, 0.29) is 6.04 Å². The highest BCUT2D eigenvalue weighted by atomic mass is 16.5. The lowest BCUT2D eigenvalue weighted by Gasteiger charge is -2.20. The van der Waals surface area contributed by atoms with Gasteiger partial charge < -0.3 is 4.74 Å². The van der Waals surface area contributed by atoms with E-state index >= 15 is 0 Å². The molecule has 1 aromatic heterocycles. The smallest absolute Gasteiger partial charge is 0.0843 e. The quantitative estimate of drug-likeness (QED) is 0.539. The van der Waals surface area contributed by atoms with Gasteiger partial charge in [0.1, 0.15) is 0 Å². The van der Waals surface area contributed by atoms with Crippen molar-refractivity contribution in [1.82, 2.24) is 20.4 Å². The predicted octanol–water partition coefficient (Wildman–Crippen LogP) is -0.385. The van der Waals surface area contributed by atoms with Crippen molar-refractivity contribution in [2.75, 3.05) is 6.61 Å². The van der Waals surface area contributed by atoms with Gasteiger partial charge in [0.2, 0.25) is 0 Å². The van der Waals surface area contributed by atoms with E-state index in [9.17, 15) is 0 Å². The molecule has 0 amide bonds. The summed E-state index contributed by atoms with van der Waals surface area (Å²) in [6, 6.07) is 0.210. The molecule has 0 aromatic carbocycles. The normalized spacial score (nSPS) is 27.2. The summed E-state index contributed by atoms with van der Waals surface area (Å²) in [5.74, 6) is 6.05. The third kappa shape index (κ3) is 2.58. The van der Waals surface area contributed by atoms with Crippen LogP contribution in [0.4, 0.5) is 0 Å². The minimum atomic E-state index is 0.210. The molecule has 0 spiro atoms. The van der Waals surface area contributed by atoms with Crippen LogP contribution in [0.15, 0.2) is 6.20 Å². The molecule has 0 saturated carbocycles. The van der Waals surface area contributed by atoms with E-state index < -0.39 is 0 Å². The van der Waals surface area contributed by atoms with Crippen molar-refractivity contribution < 1.29 is 4.74 Å². The number of aromatic nitrogens is 3. The molecule has 0 bridgehead atoms. The van der Waals surface area contributed by atoms with Crippen LogP contribution in [0.2, 0.25) is 0 Å². The van der Waals surface area contributed by atoms with Crippen LogP contribution in [-0.2, 0) is 18.2 Å². The minimum Gasteiger partial charge on any atom is -0.378 e. The fourth-order valence-corrected chi connectivity index (χ4v) is 2.21. The van der Waals surface area contributed by atoms with Crippen LogP contribution in [0.5, 0.6) is 0 Å². The number of nitrogens with one attached hydrogen (secondary N) is 1. The third-order valence-corrected chi connectivity index (χ3v) is 3.09. The van der Waals surface area contributed by atoms with Gasteiger partial charge in [0.15, 0.2) is 0 Å². The molecule has 3 N–H and O–H groups in total. The maximum Gasteiger partial charge on any atom is 0.0843 e. The van der Waals surface area contributed by atoms with Crippen LogP contribution in [-0.4, -0.2) is 33.7 Å². The average molecular weight is 225 g/mol. The second-order valence-electron chi connectivity index (χ2n) is 4.50. The first-order valence-corrected chi connectivity index (χ1v) is 5.62. The molecule has 1 aliphatic rings. The Morgan fingerprint density at radius 1 is 1.75 bits per heavy atom. The average Bonchev–Trinajstić information content (AvgIpc) is 2.84. The van der Waals surface area contributed by atoms with Gasteiger partial charge in [0.25, 0.3) is 0 Å². The summed E-state index contributed by atoms with van der Waals surface area (Å²) >= 11 is 0. The summed E-state index contributed by atoms with van der Waals surface area (Å²) in [6.45, 7) is 2.87. The number of aryl methyl sites for hydroxylation is 1. The number of hydrogen-bond donors (Lipinski definition) is 2. The van der Waals surface area contributed by atoms with Crippen molar-refractivity contribution in [2.24, 2.45) is 18.8 Å².